The number of hydrogen-bond donors (Lipinski definition) is 0. The van der Waals surface area contributed by atoms with Gasteiger partial charge in [0.2, 0.25) is 0 Å². The summed E-state index contributed by atoms with van der Waals surface area (Å²) in [6.07, 6.45) is 0. The van der Waals surface area contributed by atoms with Crippen LogP contribution in [0.5, 0.6) is 17.2 Å². The molecule has 2 aromatic rings. The van der Waals surface area contributed by atoms with Crippen molar-refractivity contribution in [3.05, 3.63) is 53.1 Å². The Bertz CT molecular complexity index is 707. The van der Waals surface area contributed by atoms with E-state index in [4.69, 9.17) is 9.47 Å². The highest BCUT2D eigenvalue weighted by molar-refractivity contribution is 5.43. The van der Waals surface area contributed by atoms with Gasteiger partial charge in [-0.15, -0.1) is 0 Å². The second kappa shape index (κ2) is 8.67. The average molecular weight is 351 g/mol. The molecule has 0 saturated carbocycles. The van der Waals surface area contributed by atoms with Gasteiger partial charge in [0.05, 0.1) is 14.2 Å². The topological polar surface area (TPSA) is 30.9 Å². The molecule has 2 rings (SSSR count). The van der Waals surface area contributed by atoms with E-state index in [1.807, 2.05) is 26.1 Å². The van der Waals surface area contributed by atoms with E-state index < -0.39 is 6.61 Å². The van der Waals surface area contributed by atoms with E-state index in [-0.39, 0.29) is 5.75 Å². The molecule has 0 aliphatic rings. The van der Waals surface area contributed by atoms with Gasteiger partial charge in [0.25, 0.3) is 0 Å². The molecule has 136 valence electrons. The quantitative estimate of drug-likeness (QED) is 0.712. The van der Waals surface area contributed by atoms with Gasteiger partial charge in [0.1, 0.15) is 5.75 Å². The van der Waals surface area contributed by atoms with Crippen molar-refractivity contribution in [3.63, 3.8) is 0 Å². The highest BCUT2D eigenvalue weighted by Crippen LogP contribution is 2.30. The van der Waals surface area contributed by atoms with Crippen LogP contribution in [0.1, 0.15) is 16.7 Å². The van der Waals surface area contributed by atoms with Gasteiger partial charge < -0.3 is 14.2 Å². The molecule has 0 fully saturated rings. The molecule has 0 heterocycles. The monoisotopic (exact) mass is 351 g/mol. The van der Waals surface area contributed by atoms with Gasteiger partial charge in [-0.05, 0) is 37.7 Å². The SMILES string of the molecule is COc1ccc(C)cc1CN(C)Cc1ccc(OC(F)F)c(OC)c1. The van der Waals surface area contributed by atoms with Crippen molar-refractivity contribution in [2.75, 3.05) is 21.3 Å². The van der Waals surface area contributed by atoms with Crippen molar-refractivity contribution in [3.8, 4) is 17.2 Å². The Labute approximate surface area is 146 Å². The second-order valence-corrected chi connectivity index (χ2v) is 5.85. The first kappa shape index (κ1) is 19.0. The van der Waals surface area contributed by atoms with E-state index in [9.17, 15) is 8.78 Å². The summed E-state index contributed by atoms with van der Waals surface area (Å²) in [5, 5.41) is 0. The number of ether oxygens (including phenoxy) is 3. The summed E-state index contributed by atoms with van der Waals surface area (Å²) >= 11 is 0. The van der Waals surface area contributed by atoms with E-state index in [1.54, 1.807) is 19.2 Å². The number of benzene rings is 2. The molecule has 0 saturated heterocycles. The minimum Gasteiger partial charge on any atom is -0.496 e. The number of rotatable bonds is 8. The van der Waals surface area contributed by atoms with Crippen LogP contribution in [-0.2, 0) is 13.1 Å². The minimum atomic E-state index is -2.88. The predicted molar refractivity (Wildman–Crippen MR) is 92.5 cm³/mol. The van der Waals surface area contributed by atoms with Crippen LogP contribution in [0, 0.1) is 6.92 Å². The Balaban J connectivity index is 2.10. The Kier molecular flexibility index (Phi) is 6.58. The zero-order valence-corrected chi connectivity index (χ0v) is 14.9. The lowest BCUT2D eigenvalue weighted by Gasteiger charge is -2.20. The second-order valence-electron chi connectivity index (χ2n) is 5.85. The molecule has 0 aliphatic carbocycles. The normalized spacial score (nSPS) is 11.0. The highest BCUT2D eigenvalue weighted by Gasteiger charge is 2.13. The molecule has 0 aliphatic heterocycles. The molecular formula is C19H23F2NO3. The smallest absolute Gasteiger partial charge is 0.387 e. The lowest BCUT2D eigenvalue weighted by atomic mass is 10.1. The van der Waals surface area contributed by atoms with Gasteiger partial charge in [0, 0.05) is 18.7 Å². The largest absolute Gasteiger partial charge is 0.496 e. The van der Waals surface area contributed by atoms with Crippen LogP contribution in [-0.4, -0.2) is 32.8 Å². The number of nitrogens with zero attached hydrogens (tertiary/aromatic N) is 1. The molecule has 6 heteroatoms. The van der Waals surface area contributed by atoms with E-state index in [2.05, 4.69) is 15.7 Å². The first-order valence-electron chi connectivity index (χ1n) is 7.86. The third-order valence-electron chi connectivity index (χ3n) is 3.77. The van der Waals surface area contributed by atoms with Crippen molar-refractivity contribution in [2.45, 2.75) is 26.6 Å². The summed E-state index contributed by atoms with van der Waals surface area (Å²) in [6, 6.07) is 11.0. The molecule has 0 spiro atoms. The minimum absolute atomic E-state index is 0.0317. The third kappa shape index (κ3) is 5.32. The highest BCUT2D eigenvalue weighted by atomic mass is 19.3. The first-order valence-corrected chi connectivity index (χ1v) is 7.86. The third-order valence-corrected chi connectivity index (χ3v) is 3.77. The van der Waals surface area contributed by atoms with Gasteiger partial charge in [-0.1, -0.05) is 23.8 Å². The Morgan fingerprint density at radius 3 is 2.24 bits per heavy atom. The zero-order chi connectivity index (χ0) is 18.4. The Morgan fingerprint density at radius 1 is 0.920 bits per heavy atom. The summed E-state index contributed by atoms with van der Waals surface area (Å²) in [5.74, 6) is 1.17. The summed E-state index contributed by atoms with van der Waals surface area (Å²) in [5.41, 5.74) is 3.20. The van der Waals surface area contributed by atoms with Gasteiger partial charge in [-0.25, -0.2) is 0 Å². The summed E-state index contributed by atoms with van der Waals surface area (Å²) in [7, 11) is 5.07. The van der Waals surface area contributed by atoms with E-state index in [1.165, 1.54) is 18.7 Å². The maximum atomic E-state index is 12.4. The lowest BCUT2D eigenvalue weighted by Crippen LogP contribution is -2.18. The van der Waals surface area contributed by atoms with Crippen LogP contribution in [0.2, 0.25) is 0 Å². The molecule has 4 nitrogen and oxygen atoms in total. The van der Waals surface area contributed by atoms with Gasteiger partial charge in [-0.2, -0.15) is 8.78 Å². The maximum absolute atomic E-state index is 12.4. The van der Waals surface area contributed by atoms with Crippen molar-refractivity contribution in [1.29, 1.82) is 0 Å². The van der Waals surface area contributed by atoms with Crippen LogP contribution in [0.3, 0.4) is 0 Å². The molecule has 25 heavy (non-hydrogen) atoms. The maximum Gasteiger partial charge on any atom is 0.387 e. The van der Waals surface area contributed by atoms with Gasteiger partial charge in [0.15, 0.2) is 11.5 Å². The standard InChI is InChI=1S/C19H23F2NO3/c1-13-5-7-16(23-3)15(9-13)12-22(2)11-14-6-8-17(25-19(20)21)18(10-14)24-4/h5-10,19H,11-12H2,1-4H3. The Morgan fingerprint density at radius 2 is 1.60 bits per heavy atom. The van der Waals surface area contributed by atoms with Crippen LogP contribution < -0.4 is 14.2 Å². The molecule has 0 bridgehead atoms. The van der Waals surface area contributed by atoms with Crippen molar-refractivity contribution >= 4 is 0 Å². The van der Waals surface area contributed by atoms with Gasteiger partial charge >= 0.3 is 6.61 Å². The fourth-order valence-electron chi connectivity index (χ4n) is 2.69. The first-order chi connectivity index (χ1) is 11.9. The fraction of sp³-hybridized carbons (Fsp3) is 0.368. The fourth-order valence-corrected chi connectivity index (χ4v) is 2.69. The Hall–Kier alpha value is -2.34. The summed E-state index contributed by atoms with van der Waals surface area (Å²) < 4.78 is 39.8. The van der Waals surface area contributed by atoms with Crippen LogP contribution in [0.15, 0.2) is 36.4 Å². The molecule has 0 unspecified atom stereocenters. The molecule has 0 N–H and O–H groups in total. The number of aryl methyl sites for hydroxylation is 1. The van der Waals surface area contributed by atoms with Crippen LogP contribution in [0.25, 0.3) is 0 Å². The van der Waals surface area contributed by atoms with E-state index in [0.29, 0.717) is 18.8 Å². The number of halogens is 2. The summed E-state index contributed by atoms with van der Waals surface area (Å²) in [6.45, 7) is 0.483. The average Bonchev–Trinajstić information content (AvgIpc) is 2.56. The van der Waals surface area contributed by atoms with Gasteiger partial charge in [-0.3, -0.25) is 4.90 Å². The van der Waals surface area contributed by atoms with Crippen molar-refractivity contribution in [1.82, 2.24) is 4.90 Å². The molecular weight excluding hydrogens is 328 g/mol. The lowest BCUT2D eigenvalue weighted by molar-refractivity contribution is -0.0512. The molecule has 0 atom stereocenters. The number of hydrogen-bond acceptors (Lipinski definition) is 4. The predicted octanol–water partition coefficient (Wildman–Crippen LogP) is 4.25. The van der Waals surface area contributed by atoms with Crippen LogP contribution >= 0.6 is 0 Å². The molecule has 2 aromatic carbocycles. The zero-order valence-electron chi connectivity index (χ0n) is 14.9. The van der Waals surface area contributed by atoms with E-state index in [0.717, 1.165) is 16.9 Å². The molecule has 0 amide bonds. The van der Waals surface area contributed by atoms with Crippen molar-refractivity contribution < 1.29 is 23.0 Å². The van der Waals surface area contributed by atoms with E-state index >= 15 is 0 Å². The van der Waals surface area contributed by atoms with Crippen LogP contribution in [0.4, 0.5) is 8.78 Å². The number of alkyl halides is 2. The molecule has 0 aromatic heterocycles. The molecule has 0 radical (unpaired) electrons. The van der Waals surface area contributed by atoms with Crippen molar-refractivity contribution in [2.24, 2.45) is 0 Å². The summed E-state index contributed by atoms with van der Waals surface area (Å²) in [4.78, 5) is 2.11. The number of methoxy groups -OCH3 is 2.